The molecule has 0 amide bonds. The molecule has 0 saturated carbocycles. The quantitative estimate of drug-likeness (QED) is 0.595. The van der Waals surface area contributed by atoms with Crippen molar-refractivity contribution < 1.29 is 10.0 Å². The van der Waals surface area contributed by atoms with Gasteiger partial charge in [-0.25, -0.2) is 9.97 Å². The second-order valence-electron chi connectivity index (χ2n) is 4.47. The first-order valence-electron chi connectivity index (χ1n) is 6.26. The van der Waals surface area contributed by atoms with Crippen molar-refractivity contribution in [1.82, 2.24) is 9.97 Å². The zero-order chi connectivity index (χ0) is 13.8. The third kappa shape index (κ3) is 2.73. The van der Waals surface area contributed by atoms with Gasteiger partial charge in [0.25, 0.3) is 0 Å². The molecule has 2 heterocycles. The van der Waals surface area contributed by atoms with Crippen molar-refractivity contribution in [1.29, 1.82) is 0 Å². The van der Waals surface area contributed by atoms with E-state index in [0.717, 1.165) is 6.42 Å². The fourth-order valence-corrected chi connectivity index (χ4v) is 2.24. The van der Waals surface area contributed by atoms with Crippen molar-refractivity contribution in [3.8, 4) is 0 Å². The summed E-state index contributed by atoms with van der Waals surface area (Å²) in [7, 11) is 0. The van der Waals surface area contributed by atoms with Crippen molar-refractivity contribution in [2.24, 2.45) is 5.92 Å². The van der Waals surface area contributed by atoms with E-state index in [9.17, 15) is 10.1 Å². The van der Waals surface area contributed by atoms with Gasteiger partial charge in [0.1, 0.15) is 6.33 Å². The monoisotopic (exact) mass is 267 g/mol. The third-order valence-electron chi connectivity index (χ3n) is 3.17. The maximum absolute atomic E-state index is 11.2. The number of aliphatic hydroxyl groups is 1. The van der Waals surface area contributed by atoms with Crippen LogP contribution in [0, 0.1) is 16.0 Å². The number of aliphatic hydroxyl groups excluding tert-OH is 1. The maximum Gasteiger partial charge on any atom is 0.353 e. The Morgan fingerprint density at radius 3 is 3.00 bits per heavy atom. The highest BCUT2D eigenvalue weighted by Crippen LogP contribution is 2.34. The lowest BCUT2D eigenvalue weighted by Gasteiger charge is -2.17. The first kappa shape index (κ1) is 13.5. The van der Waals surface area contributed by atoms with E-state index < -0.39 is 4.92 Å². The molecule has 0 bridgehead atoms. The Balaban J connectivity index is 2.34. The van der Waals surface area contributed by atoms with Crippen molar-refractivity contribution in [2.75, 3.05) is 36.5 Å². The van der Waals surface area contributed by atoms with Gasteiger partial charge >= 0.3 is 5.69 Å². The molecule has 2 rings (SSSR count). The van der Waals surface area contributed by atoms with Crippen LogP contribution in [0.5, 0.6) is 0 Å². The predicted octanol–water partition coefficient (Wildman–Crippen LogP) is 0.635. The van der Waals surface area contributed by atoms with E-state index in [2.05, 4.69) is 15.3 Å². The molecular weight excluding hydrogens is 250 g/mol. The smallest absolute Gasteiger partial charge is 0.353 e. The molecule has 0 spiro atoms. The van der Waals surface area contributed by atoms with Gasteiger partial charge in [0.2, 0.25) is 11.6 Å². The van der Waals surface area contributed by atoms with Crippen LogP contribution in [0.1, 0.15) is 13.3 Å². The van der Waals surface area contributed by atoms with Crippen LogP contribution in [0.25, 0.3) is 0 Å². The van der Waals surface area contributed by atoms with E-state index in [-0.39, 0.29) is 24.0 Å². The number of anilines is 2. The molecule has 1 aliphatic heterocycles. The molecule has 1 saturated heterocycles. The SMILES string of the molecule is CCNc1ncnc(N2CCC(CO)C2)c1[N+](=O)[O-]. The van der Waals surface area contributed by atoms with Gasteiger partial charge < -0.3 is 15.3 Å². The van der Waals surface area contributed by atoms with E-state index in [1.54, 1.807) is 0 Å². The maximum atomic E-state index is 11.2. The normalized spacial score (nSPS) is 18.6. The fourth-order valence-electron chi connectivity index (χ4n) is 2.24. The Morgan fingerprint density at radius 2 is 2.42 bits per heavy atom. The Kier molecular flexibility index (Phi) is 4.10. The van der Waals surface area contributed by atoms with Crippen LogP contribution >= 0.6 is 0 Å². The molecule has 0 aromatic carbocycles. The topological polar surface area (TPSA) is 104 Å². The zero-order valence-electron chi connectivity index (χ0n) is 10.7. The lowest BCUT2D eigenvalue weighted by Crippen LogP contribution is -2.23. The molecule has 0 aliphatic carbocycles. The number of nitro groups is 1. The van der Waals surface area contributed by atoms with Gasteiger partial charge in [0.15, 0.2) is 0 Å². The van der Waals surface area contributed by atoms with Gasteiger partial charge in [0.05, 0.1) is 4.92 Å². The fraction of sp³-hybridized carbons (Fsp3) is 0.636. The summed E-state index contributed by atoms with van der Waals surface area (Å²) in [6, 6.07) is 0. The lowest BCUT2D eigenvalue weighted by atomic mass is 10.1. The van der Waals surface area contributed by atoms with Gasteiger partial charge in [-0.3, -0.25) is 10.1 Å². The van der Waals surface area contributed by atoms with Crippen LogP contribution in [0.2, 0.25) is 0 Å². The van der Waals surface area contributed by atoms with E-state index >= 15 is 0 Å². The van der Waals surface area contributed by atoms with Crippen molar-refractivity contribution in [3.05, 3.63) is 16.4 Å². The van der Waals surface area contributed by atoms with Crippen molar-refractivity contribution in [2.45, 2.75) is 13.3 Å². The van der Waals surface area contributed by atoms with Crippen LogP contribution < -0.4 is 10.2 Å². The summed E-state index contributed by atoms with van der Waals surface area (Å²) in [5.41, 5.74) is -0.0945. The van der Waals surface area contributed by atoms with Gasteiger partial charge in [0, 0.05) is 32.2 Å². The van der Waals surface area contributed by atoms with E-state index in [4.69, 9.17) is 5.11 Å². The zero-order valence-corrected chi connectivity index (χ0v) is 10.7. The number of nitrogens with one attached hydrogen (secondary N) is 1. The van der Waals surface area contributed by atoms with Gasteiger partial charge in [-0.1, -0.05) is 0 Å². The molecule has 1 fully saturated rings. The molecule has 1 aliphatic rings. The van der Waals surface area contributed by atoms with Crippen LogP contribution in [0.15, 0.2) is 6.33 Å². The summed E-state index contributed by atoms with van der Waals surface area (Å²) in [4.78, 5) is 20.6. The standard InChI is InChI=1S/C11H17N5O3/c1-2-12-10-9(16(18)19)11(14-7-13-10)15-4-3-8(5-15)6-17/h7-8,17H,2-6H2,1H3,(H,12,13,14). The summed E-state index contributed by atoms with van der Waals surface area (Å²) < 4.78 is 0. The van der Waals surface area contributed by atoms with Gasteiger partial charge in [-0.2, -0.15) is 0 Å². The molecule has 0 radical (unpaired) electrons. The Morgan fingerprint density at radius 1 is 1.63 bits per heavy atom. The third-order valence-corrected chi connectivity index (χ3v) is 3.17. The second kappa shape index (κ2) is 5.79. The first-order chi connectivity index (χ1) is 9.17. The molecule has 1 aromatic rings. The number of aromatic nitrogens is 2. The van der Waals surface area contributed by atoms with Crippen molar-refractivity contribution >= 4 is 17.3 Å². The summed E-state index contributed by atoms with van der Waals surface area (Å²) in [5.74, 6) is 0.717. The predicted molar refractivity (Wildman–Crippen MR) is 70.3 cm³/mol. The minimum absolute atomic E-state index is 0.0927. The lowest BCUT2D eigenvalue weighted by molar-refractivity contribution is -0.383. The molecule has 1 unspecified atom stereocenters. The Hall–Kier alpha value is -1.96. The number of nitrogens with zero attached hydrogens (tertiary/aromatic N) is 4. The average molecular weight is 267 g/mol. The summed E-state index contributed by atoms with van der Waals surface area (Å²) in [6.45, 7) is 3.74. The Bertz CT molecular complexity index is 468. The van der Waals surface area contributed by atoms with E-state index in [1.165, 1.54) is 6.33 Å². The minimum atomic E-state index is -0.459. The largest absolute Gasteiger partial charge is 0.396 e. The molecule has 1 aromatic heterocycles. The van der Waals surface area contributed by atoms with Crippen LogP contribution in [-0.2, 0) is 0 Å². The molecule has 8 heteroatoms. The minimum Gasteiger partial charge on any atom is -0.396 e. The van der Waals surface area contributed by atoms with Crippen LogP contribution in [-0.4, -0.2) is 46.2 Å². The number of hydrogen-bond acceptors (Lipinski definition) is 7. The van der Waals surface area contributed by atoms with Crippen molar-refractivity contribution in [3.63, 3.8) is 0 Å². The van der Waals surface area contributed by atoms with Crippen LogP contribution in [0.3, 0.4) is 0 Å². The van der Waals surface area contributed by atoms with E-state index in [1.807, 2.05) is 11.8 Å². The second-order valence-corrected chi connectivity index (χ2v) is 4.47. The molecule has 19 heavy (non-hydrogen) atoms. The number of rotatable bonds is 5. The number of hydrogen-bond donors (Lipinski definition) is 2. The van der Waals surface area contributed by atoms with Crippen LogP contribution in [0.4, 0.5) is 17.3 Å². The highest BCUT2D eigenvalue weighted by Gasteiger charge is 2.31. The summed E-state index contributed by atoms with van der Waals surface area (Å²) >= 11 is 0. The average Bonchev–Trinajstić information content (AvgIpc) is 2.87. The summed E-state index contributed by atoms with van der Waals surface area (Å²) in [6.07, 6.45) is 2.14. The van der Waals surface area contributed by atoms with Gasteiger partial charge in [-0.05, 0) is 13.3 Å². The first-order valence-corrected chi connectivity index (χ1v) is 6.26. The molecule has 8 nitrogen and oxygen atoms in total. The highest BCUT2D eigenvalue weighted by molar-refractivity contribution is 5.70. The van der Waals surface area contributed by atoms with E-state index in [0.29, 0.717) is 25.5 Å². The molecule has 104 valence electrons. The summed E-state index contributed by atoms with van der Waals surface area (Å²) in [5, 5.41) is 23.3. The molecule has 1 atom stereocenters. The van der Waals surface area contributed by atoms with Gasteiger partial charge in [-0.15, -0.1) is 0 Å². The highest BCUT2D eigenvalue weighted by atomic mass is 16.6. The molecule has 2 N–H and O–H groups in total. The Labute approximate surface area is 110 Å². The molecular formula is C11H17N5O3.